The lowest BCUT2D eigenvalue weighted by Gasteiger charge is -2.20. The van der Waals surface area contributed by atoms with Crippen molar-refractivity contribution in [2.45, 2.75) is 38.0 Å². The van der Waals surface area contributed by atoms with Gasteiger partial charge in [-0.05, 0) is 46.0 Å². The third kappa shape index (κ3) is 4.94. The summed E-state index contributed by atoms with van der Waals surface area (Å²) in [7, 11) is -1.61. The fraction of sp³-hybridized carbons (Fsp3) is 0.667. The van der Waals surface area contributed by atoms with Gasteiger partial charge in [-0.2, -0.15) is 0 Å². The van der Waals surface area contributed by atoms with E-state index in [0.717, 1.165) is 13.0 Å². The summed E-state index contributed by atoms with van der Waals surface area (Å²) in [5, 5.41) is 8.67. The molecule has 0 bridgehead atoms. The Hall–Kier alpha value is -0.890. The van der Waals surface area contributed by atoms with Gasteiger partial charge in [0.15, 0.2) is 0 Å². The van der Waals surface area contributed by atoms with Gasteiger partial charge in [0.25, 0.3) is 10.0 Å². The van der Waals surface area contributed by atoms with Crippen LogP contribution in [0.15, 0.2) is 21.6 Å². The molecule has 7 heteroatoms. The molecule has 0 spiro atoms. The molecule has 0 saturated carbocycles. The summed E-state index contributed by atoms with van der Waals surface area (Å²) >= 11 is 0. The van der Waals surface area contributed by atoms with E-state index in [1.54, 1.807) is 0 Å². The Morgan fingerprint density at radius 3 is 2.63 bits per heavy atom. The van der Waals surface area contributed by atoms with Gasteiger partial charge in [-0.25, -0.2) is 13.1 Å². The van der Waals surface area contributed by atoms with Crippen molar-refractivity contribution in [2.24, 2.45) is 0 Å². The number of sulfonamides is 1. The number of rotatable bonds is 8. The lowest BCUT2D eigenvalue weighted by Crippen LogP contribution is -2.31. The fourth-order valence-corrected chi connectivity index (χ4v) is 2.47. The second-order valence-corrected chi connectivity index (χ2v) is 6.40. The van der Waals surface area contributed by atoms with Crippen LogP contribution in [0.25, 0.3) is 0 Å². The Kier molecular flexibility index (Phi) is 5.99. The monoisotopic (exact) mass is 290 g/mol. The average molecular weight is 290 g/mol. The molecule has 1 aromatic heterocycles. The Bertz CT molecular complexity index is 482. The largest absolute Gasteiger partial charge is 0.446 e. The van der Waals surface area contributed by atoms with E-state index < -0.39 is 10.0 Å². The zero-order valence-corrected chi connectivity index (χ0v) is 12.4. The Labute approximate surface area is 114 Å². The van der Waals surface area contributed by atoms with Crippen molar-refractivity contribution in [3.8, 4) is 0 Å². The molecule has 0 aromatic carbocycles. The molecule has 0 saturated heterocycles. The van der Waals surface area contributed by atoms with Crippen LogP contribution in [0.3, 0.4) is 0 Å². The second-order valence-electron chi connectivity index (χ2n) is 4.70. The van der Waals surface area contributed by atoms with Crippen LogP contribution in [0.1, 0.15) is 26.0 Å². The van der Waals surface area contributed by atoms with E-state index in [9.17, 15) is 8.42 Å². The minimum atomic E-state index is -3.61. The van der Waals surface area contributed by atoms with Gasteiger partial charge in [-0.3, -0.25) is 0 Å². The normalized spacial score (nSPS) is 12.5. The van der Waals surface area contributed by atoms with Gasteiger partial charge in [0, 0.05) is 12.6 Å². The van der Waals surface area contributed by atoms with Crippen molar-refractivity contribution in [3.05, 3.63) is 17.9 Å². The summed E-state index contributed by atoms with van der Waals surface area (Å²) in [6.07, 6.45) is 0.724. The molecule has 0 atom stereocenters. The van der Waals surface area contributed by atoms with Crippen molar-refractivity contribution < 1.29 is 17.9 Å². The van der Waals surface area contributed by atoms with E-state index in [4.69, 9.17) is 9.52 Å². The standard InChI is InChI=1S/C12H22N2O4S/c1-10(2)14(3)8-4-7-13-19(16,17)12-6-5-11(9-15)18-12/h5-6,10,13,15H,4,7-9H2,1-3H3. The first-order valence-corrected chi connectivity index (χ1v) is 7.74. The third-order valence-corrected chi connectivity index (χ3v) is 4.25. The van der Waals surface area contributed by atoms with Crippen LogP contribution in [0.5, 0.6) is 0 Å². The summed E-state index contributed by atoms with van der Waals surface area (Å²) in [6, 6.07) is 3.23. The van der Waals surface area contributed by atoms with Gasteiger partial charge in [0.05, 0.1) is 0 Å². The maximum atomic E-state index is 11.8. The number of aliphatic hydroxyl groups is 1. The summed E-state index contributed by atoms with van der Waals surface area (Å²) in [5.41, 5.74) is 0. The van der Waals surface area contributed by atoms with Gasteiger partial charge >= 0.3 is 0 Å². The van der Waals surface area contributed by atoms with E-state index in [2.05, 4.69) is 23.5 Å². The maximum Gasteiger partial charge on any atom is 0.273 e. The Morgan fingerprint density at radius 2 is 2.11 bits per heavy atom. The number of aliphatic hydroxyl groups excluding tert-OH is 1. The Morgan fingerprint density at radius 1 is 1.42 bits per heavy atom. The number of hydrogen-bond donors (Lipinski definition) is 2. The van der Waals surface area contributed by atoms with Crippen molar-refractivity contribution in [3.63, 3.8) is 0 Å². The molecule has 1 aromatic rings. The van der Waals surface area contributed by atoms with Crippen LogP contribution in [0, 0.1) is 0 Å². The summed E-state index contributed by atoms with van der Waals surface area (Å²) in [6.45, 7) is 5.04. The minimum Gasteiger partial charge on any atom is -0.446 e. The van der Waals surface area contributed by atoms with E-state index in [1.165, 1.54) is 12.1 Å². The fourth-order valence-electron chi connectivity index (χ4n) is 1.45. The molecular weight excluding hydrogens is 268 g/mol. The number of nitrogens with one attached hydrogen (secondary N) is 1. The molecule has 1 rings (SSSR count). The molecule has 0 amide bonds. The highest BCUT2D eigenvalue weighted by Crippen LogP contribution is 2.13. The number of hydrogen-bond acceptors (Lipinski definition) is 5. The quantitative estimate of drug-likeness (QED) is 0.691. The SMILES string of the molecule is CC(C)N(C)CCCNS(=O)(=O)c1ccc(CO)o1. The Balaban J connectivity index is 2.43. The highest BCUT2D eigenvalue weighted by Gasteiger charge is 2.18. The number of furan rings is 1. The molecule has 0 radical (unpaired) electrons. The number of nitrogens with zero attached hydrogens (tertiary/aromatic N) is 1. The first-order valence-electron chi connectivity index (χ1n) is 6.26. The molecule has 1 heterocycles. The molecule has 19 heavy (non-hydrogen) atoms. The van der Waals surface area contributed by atoms with Crippen molar-refractivity contribution >= 4 is 10.0 Å². The summed E-state index contributed by atoms with van der Waals surface area (Å²) in [5.74, 6) is 0.236. The van der Waals surface area contributed by atoms with Crippen molar-refractivity contribution in [1.82, 2.24) is 9.62 Å². The van der Waals surface area contributed by atoms with Crippen molar-refractivity contribution in [1.29, 1.82) is 0 Å². The van der Waals surface area contributed by atoms with E-state index >= 15 is 0 Å². The molecule has 0 aliphatic carbocycles. The van der Waals surface area contributed by atoms with Crippen LogP contribution in [-0.4, -0.2) is 44.6 Å². The van der Waals surface area contributed by atoms with Crippen LogP contribution in [-0.2, 0) is 16.6 Å². The van der Waals surface area contributed by atoms with Gasteiger partial charge in [0.2, 0.25) is 5.09 Å². The topological polar surface area (TPSA) is 82.8 Å². The molecule has 2 N–H and O–H groups in total. The second kappa shape index (κ2) is 7.04. The first-order chi connectivity index (χ1) is 8.86. The molecule has 0 aliphatic heterocycles. The summed E-state index contributed by atoms with van der Waals surface area (Å²) in [4.78, 5) is 2.14. The third-order valence-electron chi connectivity index (χ3n) is 2.92. The van der Waals surface area contributed by atoms with E-state index in [1.807, 2.05) is 7.05 Å². The summed E-state index contributed by atoms with van der Waals surface area (Å²) < 4.78 is 31.2. The molecule has 0 aliphatic rings. The van der Waals surface area contributed by atoms with Gasteiger partial charge in [-0.1, -0.05) is 0 Å². The van der Waals surface area contributed by atoms with Crippen molar-refractivity contribution in [2.75, 3.05) is 20.1 Å². The molecule has 110 valence electrons. The predicted octanol–water partition coefficient (Wildman–Crippen LogP) is 0.780. The van der Waals surface area contributed by atoms with Gasteiger partial charge < -0.3 is 14.4 Å². The average Bonchev–Trinajstić information content (AvgIpc) is 2.83. The molecule has 0 unspecified atom stereocenters. The van der Waals surface area contributed by atoms with Gasteiger partial charge in [-0.15, -0.1) is 0 Å². The molecule has 6 nitrogen and oxygen atoms in total. The lowest BCUT2D eigenvalue weighted by molar-refractivity contribution is 0.236. The molecule has 0 fully saturated rings. The zero-order valence-electron chi connectivity index (χ0n) is 11.6. The van der Waals surface area contributed by atoms with E-state index in [0.29, 0.717) is 12.6 Å². The van der Waals surface area contributed by atoms with Gasteiger partial charge in [0.1, 0.15) is 12.4 Å². The zero-order chi connectivity index (χ0) is 14.5. The first kappa shape index (κ1) is 16.2. The highest BCUT2D eigenvalue weighted by molar-refractivity contribution is 7.89. The minimum absolute atomic E-state index is 0.159. The van der Waals surface area contributed by atoms with Crippen LogP contribution in [0.4, 0.5) is 0 Å². The predicted molar refractivity (Wildman–Crippen MR) is 72.2 cm³/mol. The molecular formula is C12H22N2O4S. The van der Waals surface area contributed by atoms with Crippen LogP contribution >= 0.6 is 0 Å². The van der Waals surface area contributed by atoms with Crippen LogP contribution < -0.4 is 4.72 Å². The van der Waals surface area contributed by atoms with E-state index in [-0.39, 0.29) is 17.5 Å². The maximum absolute atomic E-state index is 11.8. The lowest BCUT2D eigenvalue weighted by atomic mass is 10.3. The van der Waals surface area contributed by atoms with Crippen LogP contribution in [0.2, 0.25) is 0 Å². The highest BCUT2D eigenvalue weighted by atomic mass is 32.2. The smallest absolute Gasteiger partial charge is 0.273 e.